The SMILES string of the molecule is COC(C)CNC(CN)c1ccc(C)o1. The Morgan fingerprint density at radius 1 is 1.53 bits per heavy atom. The number of ether oxygens (including phenoxy) is 1. The van der Waals surface area contributed by atoms with E-state index in [0.29, 0.717) is 6.54 Å². The highest BCUT2D eigenvalue weighted by molar-refractivity contribution is 5.10. The van der Waals surface area contributed by atoms with Crippen LogP contribution in [-0.2, 0) is 4.74 Å². The van der Waals surface area contributed by atoms with Crippen molar-refractivity contribution in [2.75, 3.05) is 20.2 Å². The molecule has 1 aromatic rings. The van der Waals surface area contributed by atoms with Crippen molar-refractivity contribution in [2.45, 2.75) is 26.0 Å². The van der Waals surface area contributed by atoms with Gasteiger partial charge in [0.05, 0.1) is 12.1 Å². The van der Waals surface area contributed by atoms with Gasteiger partial charge in [0.25, 0.3) is 0 Å². The molecule has 4 heteroatoms. The third-order valence-electron chi connectivity index (χ3n) is 2.39. The lowest BCUT2D eigenvalue weighted by molar-refractivity contribution is 0.113. The van der Waals surface area contributed by atoms with E-state index in [1.165, 1.54) is 0 Å². The molecule has 0 aliphatic carbocycles. The smallest absolute Gasteiger partial charge is 0.122 e. The Balaban J connectivity index is 2.49. The van der Waals surface area contributed by atoms with Gasteiger partial charge in [-0.15, -0.1) is 0 Å². The molecule has 0 aliphatic rings. The zero-order valence-corrected chi connectivity index (χ0v) is 9.62. The van der Waals surface area contributed by atoms with Gasteiger partial charge in [-0.25, -0.2) is 0 Å². The van der Waals surface area contributed by atoms with Crippen LogP contribution in [0.1, 0.15) is 24.5 Å². The average Bonchev–Trinajstić information content (AvgIpc) is 2.65. The van der Waals surface area contributed by atoms with Crippen LogP contribution in [0.5, 0.6) is 0 Å². The summed E-state index contributed by atoms with van der Waals surface area (Å²) in [6, 6.07) is 3.97. The van der Waals surface area contributed by atoms with Crippen LogP contribution in [0.15, 0.2) is 16.5 Å². The Labute approximate surface area is 90.8 Å². The van der Waals surface area contributed by atoms with Crippen LogP contribution < -0.4 is 11.1 Å². The number of methoxy groups -OCH3 is 1. The number of nitrogens with one attached hydrogen (secondary N) is 1. The quantitative estimate of drug-likeness (QED) is 0.744. The van der Waals surface area contributed by atoms with Crippen molar-refractivity contribution < 1.29 is 9.15 Å². The third-order valence-corrected chi connectivity index (χ3v) is 2.39. The Hall–Kier alpha value is -0.840. The van der Waals surface area contributed by atoms with Crippen LogP contribution in [-0.4, -0.2) is 26.3 Å². The predicted octanol–water partition coefficient (Wildman–Crippen LogP) is 1.21. The predicted molar refractivity (Wildman–Crippen MR) is 59.7 cm³/mol. The molecule has 0 aliphatic heterocycles. The molecule has 2 atom stereocenters. The minimum atomic E-state index is 0.0660. The molecule has 3 N–H and O–H groups in total. The molecule has 0 saturated heterocycles. The summed E-state index contributed by atoms with van der Waals surface area (Å²) in [5.74, 6) is 1.79. The normalized spacial score (nSPS) is 15.2. The van der Waals surface area contributed by atoms with Gasteiger partial charge < -0.3 is 20.2 Å². The molecule has 1 aromatic heterocycles. The van der Waals surface area contributed by atoms with Gasteiger partial charge in [0.15, 0.2) is 0 Å². The topological polar surface area (TPSA) is 60.4 Å². The largest absolute Gasteiger partial charge is 0.465 e. The molecule has 86 valence electrons. The summed E-state index contributed by atoms with van der Waals surface area (Å²) in [7, 11) is 1.70. The lowest BCUT2D eigenvalue weighted by Crippen LogP contribution is -2.33. The number of aryl methyl sites for hydroxylation is 1. The summed E-state index contributed by atoms with van der Waals surface area (Å²) < 4.78 is 10.7. The van der Waals surface area contributed by atoms with Gasteiger partial charge in [-0.3, -0.25) is 0 Å². The molecule has 15 heavy (non-hydrogen) atoms. The maximum absolute atomic E-state index is 5.68. The second-order valence-corrected chi connectivity index (χ2v) is 3.69. The van der Waals surface area contributed by atoms with E-state index in [2.05, 4.69) is 5.32 Å². The average molecular weight is 212 g/mol. The zero-order valence-electron chi connectivity index (χ0n) is 9.62. The van der Waals surface area contributed by atoms with Crippen LogP contribution in [0.2, 0.25) is 0 Å². The van der Waals surface area contributed by atoms with E-state index in [4.69, 9.17) is 14.9 Å². The Morgan fingerprint density at radius 3 is 2.73 bits per heavy atom. The summed E-state index contributed by atoms with van der Waals surface area (Å²) in [6.07, 6.45) is 0.176. The van der Waals surface area contributed by atoms with Crippen LogP contribution in [0.25, 0.3) is 0 Å². The Bertz CT molecular complexity index is 286. The number of furan rings is 1. The van der Waals surface area contributed by atoms with E-state index in [-0.39, 0.29) is 12.1 Å². The fourth-order valence-electron chi connectivity index (χ4n) is 1.33. The Morgan fingerprint density at radius 2 is 2.27 bits per heavy atom. The van der Waals surface area contributed by atoms with Crippen LogP contribution in [0.3, 0.4) is 0 Å². The van der Waals surface area contributed by atoms with Crippen molar-refractivity contribution in [2.24, 2.45) is 5.73 Å². The standard InChI is InChI=1S/C11H20N2O2/c1-8-4-5-11(15-8)10(6-12)13-7-9(2)14-3/h4-5,9-10,13H,6-7,12H2,1-3H3. The van der Waals surface area contributed by atoms with Crippen LogP contribution in [0.4, 0.5) is 0 Å². The fraction of sp³-hybridized carbons (Fsp3) is 0.636. The van der Waals surface area contributed by atoms with Gasteiger partial charge in [0.1, 0.15) is 11.5 Å². The molecule has 0 amide bonds. The van der Waals surface area contributed by atoms with E-state index in [9.17, 15) is 0 Å². The van der Waals surface area contributed by atoms with E-state index in [1.54, 1.807) is 7.11 Å². The molecule has 0 radical (unpaired) electrons. The van der Waals surface area contributed by atoms with Crippen LogP contribution in [0, 0.1) is 6.92 Å². The summed E-state index contributed by atoms with van der Waals surface area (Å²) >= 11 is 0. The van der Waals surface area contributed by atoms with E-state index >= 15 is 0 Å². The molecular formula is C11H20N2O2. The first-order valence-electron chi connectivity index (χ1n) is 5.20. The van der Waals surface area contributed by atoms with Crippen molar-refractivity contribution in [3.63, 3.8) is 0 Å². The van der Waals surface area contributed by atoms with Gasteiger partial charge in [0, 0.05) is 20.2 Å². The van der Waals surface area contributed by atoms with E-state index in [0.717, 1.165) is 18.1 Å². The van der Waals surface area contributed by atoms with E-state index in [1.807, 2.05) is 26.0 Å². The number of rotatable bonds is 6. The third kappa shape index (κ3) is 3.66. The Kier molecular flexibility index (Phi) is 4.81. The summed E-state index contributed by atoms with van der Waals surface area (Å²) in [5, 5.41) is 3.31. The van der Waals surface area contributed by atoms with Gasteiger partial charge in [-0.05, 0) is 26.0 Å². The minimum absolute atomic E-state index is 0.0660. The van der Waals surface area contributed by atoms with Crippen LogP contribution >= 0.6 is 0 Å². The molecule has 0 spiro atoms. The molecule has 0 saturated carbocycles. The van der Waals surface area contributed by atoms with Gasteiger partial charge in [-0.1, -0.05) is 0 Å². The van der Waals surface area contributed by atoms with E-state index < -0.39 is 0 Å². The molecule has 0 aromatic carbocycles. The number of hydrogen-bond donors (Lipinski definition) is 2. The first-order valence-corrected chi connectivity index (χ1v) is 5.20. The highest BCUT2D eigenvalue weighted by atomic mass is 16.5. The molecule has 1 rings (SSSR count). The molecule has 4 nitrogen and oxygen atoms in total. The van der Waals surface area contributed by atoms with Gasteiger partial charge in [-0.2, -0.15) is 0 Å². The molecule has 1 heterocycles. The molecule has 2 unspecified atom stereocenters. The van der Waals surface area contributed by atoms with Crippen molar-refractivity contribution in [1.82, 2.24) is 5.32 Å². The minimum Gasteiger partial charge on any atom is -0.465 e. The van der Waals surface area contributed by atoms with Crippen molar-refractivity contribution in [3.8, 4) is 0 Å². The maximum Gasteiger partial charge on any atom is 0.122 e. The number of nitrogens with two attached hydrogens (primary N) is 1. The highest BCUT2D eigenvalue weighted by Crippen LogP contribution is 2.15. The summed E-state index contributed by atoms with van der Waals surface area (Å²) in [5.41, 5.74) is 5.68. The number of hydrogen-bond acceptors (Lipinski definition) is 4. The second-order valence-electron chi connectivity index (χ2n) is 3.69. The maximum atomic E-state index is 5.68. The summed E-state index contributed by atoms with van der Waals surface area (Å²) in [4.78, 5) is 0. The summed E-state index contributed by atoms with van der Waals surface area (Å²) in [6.45, 7) is 5.21. The molecule has 0 fully saturated rings. The van der Waals surface area contributed by atoms with Gasteiger partial charge >= 0.3 is 0 Å². The lowest BCUT2D eigenvalue weighted by Gasteiger charge is -2.17. The first kappa shape index (κ1) is 12.2. The second kappa shape index (κ2) is 5.90. The fourth-order valence-corrected chi connectivity index (χ4v) is 1.33. The molecule has 0 bridgehead atoms. The lowest BCUT2D eigenvalue weighted by atomic mass is 10.2. The van der Waals surface area contributed by atoms with Crippen molar-refractivity contribution in [3.05, 3.63) is 23.7 Å². The monoisotopic (exact) mass is 212 g/mol. The zero-order chi connectivity index (χ0) is 11.3. The molecular weight excluding hydrogens is 192 g/mol. The van der Waals surface area contributed by atoms with Gasteiger partial charge in [0.2, 0.25) is 0 Å². The van der Waals surface area contributed by atoms with Crippen molar-refractivity contribution in [1.29, 1.82) is 0 Å². The first-order chi connectivity index (χ1) is 7.17. The highest BCUT2D eigenvalue weighted by Gasteiger charge is 2.13. The van der Waals surface area contributed by atoms with Crippen molar-refractivity contribution >= 4 is 0 Å².